The fourth-order valence-electron chi connectivity index (χ4n) is 3.84. The van der Waals surface area contributed by atoms with Crippen LogP contribution in [0.4, 0.5) is 0 Å². The van der Waals surface area contributed by atoms with Crippen molar-refractivity contribution < 1.29 is 0 Å². The van der Waals surface area contributed by atoms with Gasteiger partial charge >= 0.3 is 0 Å². The predicted octanol–water partition coefficient (Wildman–Crippen LogP) is 4.07. The number of allylic oxidation sites excluding steroid dienone is 2. The normalized spacial score (nSPS) is 30.0. The van der Waals surface area contributed by atoms with Crippen molar-refractivity contribution in [3.05, 3.63) is 46.4 Å². The fraction of sp³-hybridized carbons (Fsp3) is 0.545. The van der Waals surface area contributed by atoms with Crippen LogP contribution < -0.4 is 16.2 Å². The Balaban J connectivity index is 2.52. The molecule has 1 heteroatoms. The number of benzene rings is 1. The Bertz CT molecular complexity index is 685. The minimum atomic E-state index is 0.000445. The van der Waals surface area contributed by atoms with Crippen molar-refractivity contribution in [1.29, 1.82) is 0 Å². The number of nitrogens with two attached hydrogens (primary N) is 1. The average molecular weight is 312 g/mol. The van der Waals surface area contributed by atoms with E-state index in [1.807, 2.05) is 0 Å². The van der Waals surface area contributed by atoms with Crippen LogP contribution in [0.3, 0.4) is 0 Å². The van der Waals surface area contributed by atoms with Gasteiger partial charge in [0.25, 0.3) is 0 Å². The van der Waals surface area contributed by atoms with Crippen LogP contribution in [0, 0.1) is 18.3 Å². The summed E-state index contributed by atoms with van der Waals surface area (Å²) in [7, 11) is 0. The third kappa shape index (κ3) is 3.61. The molecule has 1 aliphatic rings. The second-order valence-electron chi connectivity index (χ2n) is 8.02. The summed E-state index contributed by atoms with van der Waals surface area (Å²) >= 11 is 0. The monoisotopic (exact) mass is 311 g/mol. The maximum Gasteiger partial charge on any atom is 0.0178 e. The maximum atomic E-state index is 6.65. The standard InChI is InChI=1S/C22H33N/c1-7-8-20(19-15-17(4)9-10-18(19)5)21(6)11-13-22(23,14-12-21)16(2)3/h7-10,15-16H,5,11-14,23H2,1-4,6H3/b8-7-,20-19+. The van der Waals surface area contributed by atoms with Gasteiger partial charge in [0.15, 0.2) is 0 Å². The molecule has 0 amide bonds. The van der Waals surface area contributed by atoms with E-state index in [0.29, 0.717) is 5.92 Å². The van der Waals surface area contributed by atoms with Gasteiger partial charge in [-0.1, -0.05) is 63.3 Å². The molecule has 0 bridgehead atoms. The quantitative estimate of drug-likeness (QED) is 0.895. The summed E-state index contributed by atoms with van der Waals surface area (Å²) in [5, 5.41) is 2.43. The lowest BCUT2D eigenvalue weighted by atomic mass is 9.62. The van der Waals surface area contributed by atoms with Gasteiger partial charge in [0.05, 0.1) is 0 Å². The van der Waals surface area contributed by atoms with E-state index in [1.165, 1.54) is 16.4 Å². The largest absolute Gasteiger partial charge is 0.325 e. The Morgan fingerprint density at radius 2 is 1.83 bits per heavy atom. The molecule has 0 unspecified atom stereocenters. The van der Waals surface area contributed by atoms with Gasteiger partial charge < -0.3 is 5.73 Å². The second kappa shape index (κ2) is 6.65. The average Bonchev–Trinajstić information content (AvgIpc) is 2.51. The van der Waals surface area contributed by atoms with E-state index in [1.54, 1.807) is 0 Å². The first-order valence-corrected chi connectivity index (χ1v) is 8.94. The van der Waals surface area contributed by atoms with Crippen LogP contribution in [0.1, 0.15) is 58.9 Å². The second-order valence-corrected chi connectivity index (χ2v) is 8.02. The van der Waals surface area contributed by atoms with Crippen LogP contribution in [0.25, 0.3) is 12.2 Å². The smallest absolute Gasteiger partial charge is 0.0178 e. The van der Waals surface area contributed by atoms with E-state index in [2.05, 4.69) is 71.5 Å². The first-order chi connectivity index (χ1) is 10.7. The van der Waals surface area contributed by atoms with Gasteiger partial charge in [0.2, 0.25) is 0 Å². The number of aryl methyl sites for hydroxylation is 1. The van der Waals surface area contributed by atoms with Gasteiger partial charge in [-0.25, -0.2) is 0 Å². The van der Waals surface area contributed by atoms with Crippen molar-refractivity contribution in [3.63, 3.8) is 0 Å². The van der Waals surface area contributed by atoms with E-state index in [4.69, 9.17) is 5.73 Å². The third-order valence-corrected chi connectivity index (χ3v) is 5.97. The highest BCUT2D eigenvalue weighted by atomic mass is 14.8. The van der Waals surface area contributed by atoms with Gasteiger partial charge in [-0.2, -0.15) is 0 Å². The molecule has 0 aromatic heterocycles. The summed E-state index contributed by atoms with van der Waals surface area (Å²) in [6.45, 7) is 15.4. The lowest BCUT2D eigenvalue weighted by Crippen LogP contribution is -2.50. The minimum absolute atomic E-state index is 0.000445. The van der Waals surface area contributed by atoms with Crippen molar-refractivity contribution in [2.45, 2.75) is 65.8 Å². The molecule has 2 rings (SSSR count). The Morgan fingerprint density at radius 3 is 2.35 bits per heavy atom. The zero-order valence-electron chi connectivity index (χ0n) is 15.6. The predicted molar refractivity (Wildman–Crippen MR) is 103 cm³/mol. The summed E-state index contributed by atoms with van der Waals surface area (Å²) in [5.74, 6) is 0.541. The molecule has 0 atom stereocenters. The summed E-state index contributed by atoms with van der Waals surface area (Å²) in [6, 6.07) is 6.57. The first kappa shape index (κ1) is 18.0. The topological polar surface area (TPSA) is 26.0 Å². The summed E-state index contributed by atoms with van der Waals surface area (Å²) in [5.41, 5.74) is 9.56. The molecule has 0 aliphatic heterocycles. The molecule has 1 aromatic rings. The summed E-state index contributed by atoms with van der Waals surface area (Å²) < 4.78 is 0. The Morgan fingerprint density at radius 1 is 1.22 bits per heavy atom. The lowest BCUT2D eigenvalue weighted by Gasteiger charge is -2.46. The Labute approximate surface area is 142 Å². The molecule has 126 valence electrons. The van der Waals surface area contributed by atoms with Crippen LogP contribution in [-0.2, 0) is 0 Å². The highest BCUT2D eigenvalue weighted by Crippen LogP contribution is 2.47. The van der Waals surface area contributed by atoms with Gasteiger partial charge in [0, 0.05) is 5.54 Å². The van der Waals surface area contributed by atoms with Crippen molar-refractivity contribution >= 4 is 12.2 Å². The molecule has 1 fully saturated rings. The molecular formula is C22H33N. The van der Waals surface area contributed by atoms with Gasteiger partial charge in [-0.3, -0.25) is 0 Å². The summed E-state index contributed by atoms with van der Waals surface area (Å²) in [4.78, 5) is 0. The molecule has 1 aliphatic carbocycles. The molecular weight excluding hydrogens is 278 g/mol. The lowest BCUT2D eigenvalue weighted by molar-refractivity contribution is 0.155. The zero-order valence-corrected chi connectivity index (χ0v) is 15.6. The van der Waals surface area contributed by atoms with E-state index in [-0.39, 0.29) is 11.0 Å². The van der Waals surface area contributed by atoms with Gasteiger partial charge in [-0.15, -0.1) is 0 Å². The fourth-order valence-corrected chi connectivity index (χ4v) is 3.84. The Kier molecular flexibility index (Phi) is 5.20. The van der Waals surface area contributed by atoms with Crippen molar-refractivity contribution in [2.24, 2.45) is 17.1 Å². The third-order valence-electron chi connectivity index (χ3n) is 5.97. The number of hydrogen-bond acceptors (Lipinski definition) is 1. The molecule has 0 saturated heterocycles. The molecule has 1 saturated carbocycles. The van der Waals surface area contributed by atoms with E-state index >= 15 is 0 Å². The maximum absolute atomic E-state index is 6.65. The molecule has 0 radical (unpaired) electrons. The zero-order chi connectivity index (χ0) is 17.3. The highest BCUT2D eigenvalue weighted by Gasteiger charge is 2.41. The number of rotatable bonds is 3. The molecule has 23 heavy (non-hydrogen) atoms. The van der Waals surface area contributed by atoms with E-state index in [9.17, 15) is 0 Å². The van der Waals surface area contributed by atoms with E-state index < -0.39 is 0 Å². The minimum Gasteiger partial charge on any atom is -0.325 e. The molecule has 2 N–H and O–H groups in total. The van der Waals surface area contributed by atoms with Gasteiger partial charge in [0.1, 0.15) is 0 Å². The SMILES string of the molecule is C=c1ccc(C)c/c1=C(/C=C\C)C1(C)CCC(N)(C(C)C)CC1. The van der Waals surface area contributed by atoms with Crippen LogP contribution in [0.5, 0.6) is 0 Å². The van der Waals surface area contributed by atoms with Crippen molar-refractivity contribution in [3.8, 4) is 0 Å². The number of hydrogen-bond donors (Lipinski definition) is 1. The molecule has 0 heterocycles. The molecule has 0 spiro atoms. The Hall–Kier alpha value is -1.34. The van der Waals surface area contributed by atoms with Crippen LogP contribution in [0.15, 0.2) is 30.4 Å². The highest BCUT2D eigenvalue weighted by molar-refractivity contribution is 5.63. The van der Waals surface area contributed by atoms with Crippen LogP contribution in [0.2, 0.25) is 0 Å². The molecule has 1 aromatic carbocycles. The van der Waals surface area contributed by atoms with E-state index in [0.717, 1.165) is 30.9 Å². The first-order valence-electron chi connectivity index (χ1n) is 8.94. The van der Waals surface area contributed by atoms with Crippen LogP contribution >= 0.6 is 0 Å². The van der Waals surface area contributed by atoms with Crippen molar-refractivity contribution in [1.82, 2.24) is 0 Å². The molecule has 1 nitrogen and oxygen atoms in total. The van der Waals surface area contributed by atoms with Crippen LogP contribution in [-0.4, -0.2) is 5.54 Å². The van der Waals surface area contributed by atoms with Gasteiger partial charge in [-0.05, 0) is 66.9 Å². The summed E-state index contributed by atoms with van der Waals surface area (Å²) in [6.07, 6.45) is 8.95. The van der Waals surface area contributed by atoms with Crippen molar-refractivity contribution in [2.75, 3.05) is 0 Å².